The normalized spacial score (nSPS) is 15.0. The number of carbonyl (C=O) groups excluding carboxylic acids is 1. The molecular formula is C15H21NO5. The maximum Gasteiger partial charge on any atom is 0.323 e. The SMILES string of the molecule is CCOC(=O)[C@H](CC(O)c1ccccc1)N[C@@H](C)C(=O)O. The second-order valence-corrected chi connectivity index (χ2v) is 4.69. The van der Waals surface area contributed by atoms with E-state index in [9.17, 15) is 14.7 Å². The predicted octanol–water partition coefficient (Wildman–Crippen LogP) is 1.10. The number of aliphatic hydroxyl groups is 1. The van der Waals surface area contributed by atoms with E-state index >= 15 is 0 Å². The molecule has 0 fully saturated rings. The fourth-order valence-corrected chi connectivity index (χ4v) is 1.88. The van der Waals surface area contributed by atoms with Gasteiger partial charge in [0.2, 0.25) is 0 Å². The number of aliphatic hydroxyl groups excluding tert-OH is 1. The van der Waals surface area contributed by atoms with Gasteiger partial charge in [0, 0.05) is 6.42 Å². The third kappa shape index (κ3) is 5.53. The number of benzene rings is 1. The van der Waals surface area contributed by atoms with Crippen LogP contribution in [0.2, 0.25) is 0 Å². The number of esters is 1. The number of rotatable bonds is 8. The first-order valence-corrected chi connectivity index (χ1v) is 6.84. The molecule has 6 nitrogen and oxygen atoms in total. The van der Waals surface area contributed by atoms with E-state index in [1.165, 1.54) is 6.92 Å². The second kappa shape index (κ2) is 8.39. The Bertz CT molecular complexity index is 462. The molecule has 6 heteroatoms. The first-order valence-electron chi connectivity index (χ1n) is 6.84. The van der Waals surface area contributed by atoms with Crippen molar-refractivity contribution >= 4 is 11.9 Å². The van der Waals surface area contributed by atoms with E-state index in [0.717, 1.165) is 0 Å². The summed E-state index contributed by atoms with van der Waals surface area (Å²) < 4.78 is 4.92. The van der Waals surface area contributed by atoms with Gasteiger partial charge in [0.25, 0.3) is 0 Å². The van der Waals surface area contributed by atoms with Crippen LogP contribution in [0.25, 0.3) is 0 Å². The van der Waals surface area contributed by atoms with Crippen molar-refractivity contribution in [3.8, 4) is 0 Å². The van der Waals surface area contributed by atoms with E-state index in [4.69, 9.17) is 9.84 Å². The van der Waals surface area contributed by atoms with Crippen molar-refractivity contribution in [1.82, 2.24) is 5.32 Å². The third-order valence-corrected chi connectivity index (χ3v) is 3.04. The van der Waals surface area contributed by atoms with Crippen LogP contribution in [-0.4, -0.2) is 40.8 Å². The molecule has 0 radical (unpaired) electrons. The Kier molecular flexibility index (Phi) is 6.84. The van der Waals surface area contributed by atoms with Crippen LogP contribution >= 0.6 is 0 Å². The van der Waals surface area contributed by atoms with Crippen LogP contribution in [0.15, 0.2) is 30.3 Å². The standard InChI is InChI=1S/C15H21NO5/c1-3-21-15(20)12(16-10(2)14(18)19)9-13(17)11-7-5-4-6-8-11/h4-8,10,12-13,16-17H,3,9H2,1-2H3,(H,18,19)/t10-,12-,13?/m0/s1. The predicted molar refractivity (Wildman–Crippen MR) is 76.7 cm³/mol. The average molecular weight is 295 g/mol. The van der Waals surface area contributed by atoms with Crippen LogP contribution in [0.4, 0.5) is 0 Å². The Labute approximate surface area is 123 Å². The van der Waals surface area contributed by atoms with Crippen LogP contribution in [0, 0.1) is 0 Å². The highest BCUT2D eigenvalue weighted by molar-refractivity contribution is 5.78. The molecule has 3 N–H and O–H groups in total. The fraction of sp³-hybridized carbons (Fsp3) is 0.467. The van der Waals surface area contributed by atoms with Gasteiger partial charge in [0.1, 0.15) is 12.1 Å². The summed E-state index contributed by atoms with van der Waals surface area (Å²) in [5.41, 5.74) is 0.663. The van der Waals surface area contributed by atoms with Crippen LogP contribution in [0.5, 0.6) is 0 Å². The molecule has 116 valence electrons. The van der Waals surface area contributed by atoms with E-state index < -0.39 is 30.1 Å². The lowest BCUT2D eigenvalue weighted by molar-refractivity contribution is -0.147. The van der Waals surface area contributed by atoms with Gasteiger partial charge in [-0.25, -0.2) is 0 Å². The minimum absolute atomic E-state index is 0.0421. The quantitative estimate of drug-likeness (QED) is 0.622. The maximum atomic E-state index is 11.9. The lowest BCUT2D eigenvalue weighted by Gasteiger charge is -2.22. The monoisotopic (exact) mass is 295 g/mol. The molecule has 0 aliphatic rings. The van der Waals surface area contributed by atoms with Crippen LogP contribution in [0.1, 0.15) is 31.9 Å². The Morgan fingerprint density at radius 2 is 1.90 bits per heavy atom. The van der Waals surface area contributed by atoms with Gasteiger partial charge in [-0.3, -0.25) is 14.9 Å². The molecule has 0 amide bonds. The van der Waals surface area contributed by atoms with Gasteiger partial charge in [-0.2, -0.15) is 0 Å². The summed E-state index contributed by atoms with van der Waals surface area (Å²) in [7, 11) is 0. The molecule has 0 spiro atoms. The highest BCUT2D eigenvalue weighted by Crippen LogP contribution is 2.18. The number of carboxylic acid groups (broad SMARTS) is 1. The molecule has 1 aromatic carbocycles. The van der Waals surface area contributed by atoms with E-state index in [0.29, 0.717) is 5.56 Å². The number of hydrogen-bond donors (Lipinski definition) is 3. The van der Waals surface area contributed by atoms with Gasteiger partial charge in [-0.1, -0.05) is 30.3 Å². The molecule has 0 saturated carbocycles. The van der Waals surface area contributed by atoms with Crippen molar-refractivity contribution in [2.45, 2.75) is 38.5 Å². The second-order valence-electron chi connectivity index (χ2n) is 4.69. The summed E-state index contributed by atoms with van der Waals surface area (Å²) in [6, 6.07) is 7.08. The van der Waals surface area contributed by atoms with E-state index in [1.54, 1.807) is 31.2 Å². The van der Waals surface area contributed by atoms with Crippen molar-refractivity contribution < 1.29 is 24.5 Å². The number of carboxylic acids is 1. The summed E-state index contributed by atoms with van der Waals surface area (Å²) >= 11 is 0. The van der Waals surface area contributed by atoms with Gasteiger partial charge >= 0.3 is 11.9 Å². The molecule has 0 bridgehead atoms. The molecule has 0 aliphatic heterocycles. The molecule has 0 saturated heterocycles. The van der Waals surface area contributed by atoms with Crippen LogP contribution < -0.4 is 5.32 Å². The molecule has 3 atom stereocenters. The summed E-state index contributed by atoms with van der Waals surface area (Å²) in [6.07, 6.45) is -0.838. The Hall–Kier alpha value is -1.92. The lowest BCUT2D eigenvalue weighted by Crippen LogP contribution is -2.47. The first-order chi connectivity index (χ1) is 9.95. The number of nitrogens with one attached hydrogen (secondary N) is 1. The Balaban J connectivity index is 2.76. The largest absolute Gasteiger partial charge is 0.480 e. The lowest BCUT2D eigenvalue weighted by atomic mass is 10.0. The molecular weight excluding hydrogens is 274 g/mol. The Morgan fingerprint density at radius 3 is 2.43 bits per heavy atom. The van der Waals surface area contributed by atoms with Gasteiger partial charge in [-0.15, -0.1) is 0 Å². The number of hydrogen-bond acceptors (Lipinski definition) is 5. The minimum Gasteiger partial charge on any atom is -0.480 e. The highest BCUT2D eigenvalue weighted by Gasteiger charge is 2.27. The zero-order valence-corrected chi connectivity index (χ0v) is 12.2. The fourth-order valence-electron chi connectivity index (χ4n) is 1.88. The summed E-state index contributed by atoms with van der Waals surface area (Å²) in [4.78, 5) is 22.8. The van der Waals surface area contributed by atoms with Crippen molar-refractivity contribution in [2.75, 3.05) is 6.61 Å². The minimum atomic E-state index is -1.07. The third-order valence-electron chi connectivity index (χ3n) is 3.04. The zero-order chi connectivity index (χ0) is 15.8. The van der Waals surface area contributed by atoms with Crippen molar-refractivity contribution in [3.63, 3.8) is 0 Å². The van der Waals surface area contributed by atoms with E-state index in [2.05, 4.69) is 5.32 Å². The number of aliphatic carboxylic acids is 1. The first kappa shape index (κ1) is 17.1. The Morgan fingerprint density at radius 1 is 1.29 bits per heavy atom. The topological polar surface area (TPSA) is 95.9 Å². The van der Waals surface area contributed by atoms with Crippen molar-refractivity contribution in [2.24, 2.45) is 0 Å². The molecule has 0 heterocycles. The van der Waals surface area contributed by atoms with E-state index in [-0.39, 0.29) is 13.0 Å². The highest BCUT2D eigenvalue weighted by atomic mass is 16.5. The van der Waals surface area contributed by atoms with Crippen molar-refractivity contribution in [1.29, 1.82) is 0 Å². The number of carbonyl (C=O) groups is 2. The molecule has 1 unspecified atom stereocenters. The zero-order valence-electron chi connectivity index (χ0n) is 12.2. The van der Waals surface area contributed by atoms with Gasteiger partial charge in [-0.05, 0) is 19.4 Å². The van der Waals surface area contributed by atoms with E-state index in [1.807, 2.05) is 6.07 Å². The molecule has 0 aromatic heterocycles. The summed E-state index contributed by atoms with van der Waals surface area (Å²) in [6.45, 7) is 3.30. The van der Waals surface area contributed by atoms with Crippen molar-refractivity contribution in [3.05, 3.63) is 35.9 Å². The smallest absolute Gasteiger partial charge is 0.323 e. The molecule has 21 heavy (non-hydrogen) atoms. The van der Waals surface area contributed by atoms with Crippen LogP contribution in [0.3, 0.4) is 0 Å². The molecule has 1 aromatic rings. The van der Waals surface area contributed by atoms with Crippen LogP contribution in [-0.2, 0) is 14.3 Å². The average Bonchev–Trinajstić information content (AvgIpc) is 2.47. The summed E-state index contributed by atoms with van der Waals surface area (Å²) in [5, 5.41) is 21.7. The summed E-state index contributed by atoms with van der Waals surface area (Å²) in [5.74, 6) is -1.64. The number of ether oxygens (including phenoxy) is 1. The van der Waals surface area contributed by atoms with Gasteiger partial charge < -0.3 is 14.9 Å². The van der Waals surface area contributed by atoms with Gasteiger partial charge in [0.05, 0.1) is 12.7 Å². The molecule has 1 rings (SSSR count). The molecule has 0 aliphatic carbocycles. The van der Waals surface area contributed by atoms with Gasteiger partial charge in [0.15, 0.2) is 0 Å². The maximum absolute atomic E-state index is 11.9.